The van der Waals surface area contributed by atoms with Gasteiger partial charge in [0.1, 0.15) is 0 Å². The highest BCUT2D eigenvalue weighted by Gasteiger charge is 2.30. The minimum absolute atomic E-state index is 0.0140. The monoisotopic (exact) mass is 571 g/mol. The number of hydrogen-bond donors (Lipinski definition) is 1. The maximum atomic E-state index is 13.6. The number of unbranched alkanes of at least 4 members (excludes halogenated alkanes) is 6. The number of para-hydroxylation sites is 1. The molecular weight excluding hydrogens is 527 g/mol. The number of benzene rings is 2. The molecule has 0 fully saturated rings. The van der Waals surface area contributed by atoms with Gasteiger partial charge >= 0.3 is 6.18 Å². The molecule has 3 rings (SSSR count). The summed E-state index contributed by atoms with van der Waals surface area (Å²) < 4.78 is 39.3. The number of carbonyl (C=O) groups is 2. The number of nitrogens with one attached hydrogen (secondary N) is 1. The van der Waals surface area contributed by atoms with E-state index in [1.54, 1.807) is 9.80 Å². The molecule has 1 heterocycles. The first-order valence-corrected chi connectivity index (χ1v) is 15.0. The van der Waals surface area contributed by atoms with Crippen molar-refractivity contribution >= 4 is 22.7 Å². The topological polar surface area (TPSA) is 56.4 Å². The van der Waals surface area contributed by atoms with E-state index in [0.717, 1.165) is 54.3 Å². The number of nitrogens with zero attached hydrogens (tertiary/aromatic N) is 2. The summed E-state index contributed by atoms with van der Waals surface area (Å²) in [5.74, 6) is -0.217. The summed E-state index contributed by atoms with van der Waals surface area (Å²) in [6.45, 7) is 5.19. The molecule has 0 radical (unpaired) electrons. The Morgan fingerprint density at radius 1 is 0.780 bits per heavy atom. The van der Waals surface area contributed by atoms with Gasteiger partial charge in [-0.1, -0.05) is 82.7 Å². The lowest BCUT2D eigenvalue weighted by Gasteiger charge is -2.28. The number of halogens is 3. The molecule has 0 saturated heterocycles. The average molecular weight is 572 g/mol. The van der Waals surface area contributed by atoms with Crippen LogP contribution < -0.4 is 0 Å². The molecule has 0 aliphatic rings. The average Bonchev–Trinajstić information content (AvgIpc) is 3.37. The predicted molar refractivity (Wildman–Crippen MR) is 158 cm³/mol. The van der Waals surface area contributed by atoms with Gasteiger partial charge in [0.2, 0.25) is 11.8 Å². The molecule has 224 valence electrons. The summed E-state index contributed by atoms with van der Waals surface area (Å²) in [5, 5.41) is 1.08. The number of fused-ring (bicyclic) bond motifs is 1. The Bertz CT molecular complexity index is 1220. The zero-order valence-electron chi connectivity index (χ0n) is 24.4. The van der Waals surface area contributed by atoms with E-state index in [-0.39, 0.29) is 24.9 Å². The number of amides is 2. The molecule has 5 nitrogen and oxygen atoms in total. The maximum Gasteiger partial charge on any atom is 0.416 e. The lowest BCUT2D eigenvalue weighted by molar-refractivity contribution is -0.141. The lowest BCUT2D eigenvalue weighted by Crippen LogP contribution is -2.43. The number of H-pyrrole nitrogens is 1. The first-order chi connectivity index (χ1) is 19.7. The van der Waals surface area contributed by atoms with Crippen LogP contribution in [0.2, 0.25) is 0 Å². The molecule has 41 heavy (non-hydrogen) atoms. The molecule has 0 saturated carbocycles. The van der Waals surface area contributed by atoms with Crippen LogP contribution in [0.4, 0.5) is 13.2 Å². The van der Waals surface area contributed by atoms with Gasteiger partial charge in [-0.15, -0.1) is 0 Å². The van der Waals surface area contributed by atoms with Crippen molar-refractivity contribution in [3.05, 3.63) is 71.4 Å². The van der Waals surface area contributed by atoms with Crippen LogP contribution in [0.15, 0.2) is 54.7 Å². The quantitative estimate of drug-likeness (QED) is 0.166. The van der Waals surface area contributed by atoms with Gasteiger partial charge in [0.25, 0.3) is 0 Å². The van der Waals surface area contributed by atoms with Gasteiger partial charge in [0, 0.05) is 43.2 Å². The third-order valence-corrected chi connectivity index (χ3v) is 7.50. The van der Waals surface area contributed by atoms with Crippen LogP contribution in [0, 0.1) is 0 Å². The fourth-order valence-corrected chi connectivity index (χ4v) is 5.12. The van der Waals surface area contributed by atoms with E-state index in [2.05, 4.69) is 11.9 Å². The van der Waals surface area contributed by atoms with Crippen molar-refractivity contribution in [2.24, 2.45) is 0 Å². The Labute approximate surface area is 242 Å². The van der Waals surface area contributed by atoms with Crippen LogP contribution in [-0.4, -0.2) is 46.2 Å². The van der Waals surface area contributed by atoms with Gasteiger partial charge in [-0.25, -0.2) is 0 Å². The molecule has 0 aliphatic carbocycles. The molecule has 0 unspecified atom stereocenters. The summed E-state index contributed by atoms with van der Waals surface area (Å²) in [6, 6.07) is 12.9. The van der Waals surface area contributed by atoms with E-state index < -0.39 is 11.7 Å². The summed E-state index contributed by atoms with van der Waals surface area (Å²) in [7, 11) is 0. The fourth-order valence-electron chi connectivity index (χ4n) is 5.12. The van der Waals surface area contributed by atoms with Crippen molar-refractivity contribution < 1.29 is 22.8 Å². The van der Waals surface area contributed by atoms with Gasteiger partial charge in [-0.3, -0.25) is 9.59 Å². The zero-order valence-corrected chi connectivity index (χ0v) is 24.4. The van der Waals surface area contributed by atoms with Crippen molar-refractivity contribution in [2.45, 2.75) is 90.8 Å². The standard InChI is InChI=1S/C33H44F3N3O2/c1-3-5-6-7-8-9-10-15-31(40)38(21-4-2)25-32(41)39(24-26-16-18-28(19-17-26)33(34,35)36)22-20-27-23-37-30-14-12-11-13-29(27)30/h11-14,16-19,23,37H,3-10,15,20-22,24-25H2,1-2H3. The molecule has 3 aromatic rings. The van der Waals surface area contributed by atoms with E-state index in [1.165, 1.54) is 37.8 Å². The normalized spacial score (nSPS) is 11.6. The number of carbonyl (C=O) groups excluding carboxylic acids is 2. The second-order valence-electron chi connectivity index (χ2n) is 10.8. The van der Waals surface area contributed by atoms with Gasteiger partial charge < -0.3 is 14.8 Å². The van der Waals surface area contributed by atoms with Crippen molar-refractivity contribution in [3.8, 4) is 0 Å². The van der Waals surface area contributed by atoms with Crippen LogP contribution in [-0.2, 0) is 28.7 Å². The summed E-state index contributed by atoms with van der Waals surface area (Å²) in [5.41, 5.74) is 1.96. The first kappa shape index (κ1) is 32.2. The maximum absolute atomic E-state index is 13.6. The molecule has 0 spiro atoms. The van der Waals surface area contributed by atoms with Crippen molar-refractivity contribution in [2.75, 3.05) is 19.6 Å². The number of rotatable bonds is 17. The zero-order chi connectivity index (χ0) is 29.7. The highest BCUT2D eigenvalue weighted by molar-refractivity contribution is 5.85. The molecule has 2 amide bonds. The number of aromatic amines is 1. The van der Waals surface area contributed by atoms with Gasteiger partial charge in [0.15, 0.2) is 0 Å². The van der Waals surface area contributed by atoms with E-state index in [1.807, 2.05) is 37.4 Å². The van der Waals surface area contributed by atoms with E-state index in [0.29, 0.717) is 31.5 Å². The Balaban J connectivity index is 1.67. The third kappa shape index (κ3) is 10.2. The predicted octanol–water partition coefficient (Wildman–Crippen LogP) is 8.14. The minimum atomic E-state index is -4.42. The second kappa shape index (κ2) is 16.2. The number of hydrogen-bond acceptors (Lipinski definition) is 2. The smallest absolute Gasteiger partial charge is 0.361 e. The third-order valence-electron chi connectivity index (χ3n) is 7.50. The number of aromatic nitrogens is 1. The molecule has 0 atom stereocenters. The number of alkyl halides is 3. The molecular formula is C33H44F3N3O2. The van der Waals surface area contributed by atoms with E-state index in [4.69, 9.17) is 0 Å². The van der Waals surface area contributed by atoms with Crippen LogP contribution in [0.5, 0.6) is 0 Å². The van der Waals surface area contributed by atoms with Crippen LogP contribution in [0.1, 0.15) is 88.3 Å². The van der Waals surface area contributed by atoms with Crippen molar-refractivity contribution in [1.29, 1.82) is 0 Å². The molecule has 0 bridgehead atoms. The minimum Gasteiger partial charge on any atom is -0.361 e. The molecule has 1 aromatic heterocycles. The van der Waals surface area contributed by atoms with Gasteiger partial charge in [-0.2, -0.15) is 13.2 Å². The van der Waals surface area contributed by atoms with Gasteiger partial charge in [0.05, 0.1) is 12.1 Å². The SMILES string of the molecule is CCCCCCCCCC(=O)N(CCC)CC(=O)N(CCc1c[nH]c2ccccc12)Cc1ccc(C(F)(F)F)cc1. The largest absolute Gasteiger partial charge is 0.416 e. The van der Waals surface area contributed by atoms with Crippen LogP contribution in [0.3, 0.4) is 0 Å². The van der Waals surface area contributed by atoms with Gasteiger partial charge in [-0.05, 0) is 48.6 Å². The van der Waals surface area contributed by atoms with Crippen LogP contribution in [0.25, 0.3) is 10.9 Å². The van der Waals surface area contributed by atoms with Crippen molar-refractivity contribution in [1.82, 2.24) is 14.8 Å². The Kier molecular flexibility index (Phi) is 12.8. The molecule has 8 heteroatoms. The summed E-state index contributed by atoms with van der Waals surface area (Å²) >= 11 is 0. The first-order valence-electron chi connectivity index (χ1n) is 15.0. The Morgan fingerprint density at radius 2 is 1.46 bits per heavy atom. The Morgan fingerprint density at radius 3 is 2.15 bits per heavy atom. The molecule has 1 N–H and O–H groups in total. The summed E-state index contributed by atoms with van der Waals surface area (Å²) in [6.07, 6.45) is 7.07. The van der Waals surface area contributed by atoms with E-state index in [9.17, 15) is 22.8 Å². The van der Waals surface area contributed by atoms with E-state index >= 15 is 0 Å². The van der Waals surface area contributed by atoms with Crippen LogP contribution >= 0.6 is 0 Å². The molecule has 0 aliphatic heterocycles. The second-order valence-corrected chi connectivity index (χ2v) is 10.8. The molecule has 2 aromatic carbocycles. The fraction of sp³-hybridized carbons (Fsp3) is 0.515. The summed E-state index contributed by atoms with van der Waals surface area (Å²) in [4.78, 5) is 33.2. The highest BCUT2D eigenvalue weighted by Crippen LogP contribution is 2.29. The highest BCUT2D eigenvalue weighted by atomic mass is 19.4. The lowest BCUT2D eigenvalue weighted by atomic mass is 10.1. The Hall–Kier alpha value is -3.29. The van der Waals surface area contributed by atoms with Crippen molar-refractivity contribution in [3.63, 3.8) is 0 Å².